The Hall–Kier alpha value is -2.18. The largest absolute Gasteiger partial charge is 0.492 e. The minimum atomic E-state index is -0.0456. The quantitative estimate of drug-likeness (QED) is 0.422. The van der Waals surface area contributed by atoms with Crippen molar-refractivity contribution in [2.75, 3.05) is 11.9 Å². The molecule has 0 aliphatic carbocycles. The van der Waals surface area contributed by atoms with Gasteiger partial charge in [0, 0.05) is 16.9 Å². The number of carbonyl (C=O) groups excluding carboxylic acids is 1. The molecule has 1 heterocycles. The molecule has 3 rings (SSSR count). The number of aromatic nitrogens is 1. The Morgan fingerprint density at radius 1 is 1.11 bits per heavy atom. The highest BCUT2D eigenvalue weighted by Gasteiger charge is 2.12. The summed E-state index contributed by atoms with van der Waals surface area (Å²) in [5, 5.41) is 3.54. The van der Waals surface area contributed by atoms with Crippen LogP contribution in [0.4, 0.5) is 5.13 Å². The van der Waals surface area contributed by atoms with Crippen molar-refractivity contribution in [1.82, 2.24) is 4.98 Å². The predicted octanol–water partition coefficient (Wildman–Crippen LogP) is 6.30. The topological polar surface area (TPSA) is 51.2 Å². The van der Waals surface area contributed by atoms with Gasteiger partial charge in [0.2, 0.25) is 5.91 Å². The van der Waals surface area contributed by atoms with Crippen molar-refractivity contribution in [2.24, 2.45) is 0 Å². The fourth-order valence-corrected chi connectivity index (χ4v) is 4.21. The molecule has 1 aromatic heterocycles. The number of aryl methyl sites for hydroxylation is 3. The number of carbonyl (C=O) groups is 1. The third kappa shape index (κ3) is 5.42. The molecule has 6 heteroatoms. The first kappa shape index (κ1) is 20.6. The van der Waals surface area contributed by atoms with Crippen LogP contribution in [0.5, 0.6) is 5.75 Å². The van der Waals surface area contributed by atoms with E-state index in [0.717, 1.165) is 26.4 Å². The lowest BCUT2D eigenvalue weighted by Gasteiger charge is -2.08. The lowest BCUT2D eigenvalue weighted by Crippen LogP contribution is -2.12. The molecule has 0 bridgehead atoms. The maximum Gasteiger partial charge on any atom is 0.226 e. The minimum absolute atomic E-state index is 0.0456. The monoisotopic (exact) mass is 458 g/mol. The van der Waals surface area contributed by atoms with Crippen molar-refractivity contribution in [3.63, 3.8) is 0 Å². The van der Waals surface area contributed by atoms with Crippen molar-refractivity contribution in [3.8, 4) is 17.0 Å². The van der Waals surface area contributed by atoms with Gasteiger partial charge in [0.05, 0.1) is 16.8 Å². The van der Waals surface area contributed by atoms with E-state index in [1.807, 2.05) is 32.0 Å². The molecule has 0 saturated carbocycles. The SMILES string of the molecule is Cc1ccc(-c2nc(NC(=O)CCCOc3ccc(C)cc3Br)sc2C)cc1. The highest BCUT2D eigenvalue weighted by Crippen LogP contribution is 2.30. The molecule has 0 spiro atoms. The molecule has 146 valence electrons. The number of hydrogen-bond acceptors (Lipinski definition) is 4. The Bertz CT molecular complexity index is 967. The van der Waals surface area contributed by atoms with Crippen LogP contribution >= 0.6 is 27.3 Å². The summed E-state index contributed by atoms with van der Waals surface area (Å²) in [4.78, 5) is 17.9. The number of benzene rings is 2. The Balaban J connectivity index is 1.50. The Morgan fingerprint density at radius 3 is 2.54 bits per heavy atom. The van der Waals surface area contributed by atoms with Gasteiger partial charge in [0.1, 0.15) is 5.75 Å². The molecule has 0 fully saturated rings. The molecule has 0 aliphatic heterocycles. The summed E-state index contributed by atoms with van der Waals surface area (Å²) in [5.74, 6) is 0.750. The first-order valence-electron chi connectivity index (χ1n) is 9.15. The maximum atomic E-state index is 12.2. The summed E-state index contributed by atoms with van der Waals surface area (Å²) in [5.41, 5.74) is 4.37. The Kier molecular flexibility index (Phi) is 6.86. The van der Waals surface area contributed by atoms with E-state index in [-0.39, 0.29) is 5.91 Å². The predicted molar refractivity (Wildman–Crippen MR) is 119 cm³/mol. The van der Waals surface area contributed by atoms with Gasteiger partial charge in [-0.25, -0.2) is 4.98 Å². The zero-order valence-corrected chi connectivity index (χ0v) is 18.6. The summed E-state index contributed by atoms with van der Waals surface area (Å²) in [7, 11) is 0. The van der Waals surface area contributed by atoms with Crippen molar-refractivity contribution >= 4 is 38.3 Å². The molecule has 4 nitrogen and oxygen atoms in total. The van der Waals surface area contributed by atoms with Gasteiger partial charge in [-0.15, -0.1) is 11.3 Å². The molecule has 0 atom stereocenters. The van der Waals surface area contributed by atoms with E-state index in [1.54, 1.807) is 0 Å². The van der Waals surface area contributed by atoms with Gasteiger partial charge in [-0.3, -0.25) is 4.79 Å². The smallest absolute Gasteiger partial charge is 0.226 e. The number of halogens is 1. The Morgan fingerprint density at radius 2 is 1.82 bits per heavy atom. The number of nitrogens with one attached hydrogen (secondary N) is 1. The second-order valence-corrected chi connectivity index (χ2v) is 8.78. The molecule has 1 N–H and O–H groups in total. The maximum absolute atomic E-state index is 12.2. The summed E-state index contributed by atoms with van der Waals surface area (Å²) < 4.78 is 6.67. The van der Waals surface area contributed by atoms with Gasteiger partial charge in [-0.05, 0) is 60.8 Å². The van der Waals surface area contributed by atoms with Gasteiger partial charge < -0.3 is 10.1 Å². The van der Waals surface area contributed by atoms with E-state index in [9.17, 15) is 4.79 Å². The van der Waals surface area contributed by atoms with Gasteiger partial charge in [-0.1, -0.05) is 35.9 Å². The van der Waals surface area contributed by atoms with Crippen LogP contribution in [0.2, 0.25) is 0 Å². The summed E-state index contributed by atoms with van der Waals surface area (Å²) in [6.07, 6.45) is 1.03. The van der Waals surface area contributed by atoms with Gasteiger partial charge >= 0.3 is 0 Å². The fourth-order valence-electron chi connectivity index (χ4n) is 2.75. The lowest BCUT2D eigenvalue weighted by atomic mass is 10.1. The van der Waals surface area contributed by atoms with E-state index in [2.05, 4.69) is 57.4 Å². The van der Waals surface area contributed by atoms with E-state index < -0.39 is 0 Å². The van der Waals surface area contributed by atoms with Crippen LogP contribution in [0.15, 0.2) is 46.9 Å². The number of ether oxygens (including phenoxy) is 1. The van der Waals surface area contributed by atoms with Crippen LogP contribution in [0.25, 0.3) is 11.3 Å². The first-order valence-corrected chi connectivity index (χ1v) is 10.8. The molecule has 1 amide bonds. The summed E-state index contributed by atoms with van der Waals surface area (Å²) in [6, 6.07) is 14.2. The molecule has 3 aromatic rings. The molecule has 0 saturated heterocycles. The standard InChI is InChI=1S/C22H23BrN2O2S/c1-14-6-9-17(10-7-14)21-16(3)28-22(25-21)24-20(26)5-4-12-27-19-11-8-15(2)13-18(19)23/h6-11,13H,4-5,12H2,1-3H3,(H,24,25,26). The summed E-state index contributed by atoms with van der Waals surface area (Å²) in [6.45, 7) is 6.60. The zero-order valence-electron chi connectivity index (χ0n) is 16.2. The normalized spacial score (nSPS) is 10.7. The molecule has 28 heavy (non-hydrogen) atoms. The second-order valence-electron chi connectivity index (χ2n) is 6.72. The van der Waals surface area contributed by atoms with Crippen molar-refractivity contribution in [3.05, 3.63) is 62.9 Å². The average Bonchev–Trinajstić information content (AvgIpc) is 3.01. The molecule has 0 aliphatic rings. The number of rotatable bonds is 7. The highest BCUT2D eigenvalue weighted by atomic mass is 79.9. The molecular weight excluding hydrogens is 436 g/mol. The molecule has 0 unspecified atom stereocenters. The van der Waals surface area contributed by atoms with Crippen molar-refractivity contribution < 1.29 is 9.53 Å². The molecule has 0 radical (unpaired) electrons. The van der Waals surface area contributed by atoms with Crippen LogP contribution in [0.3, 0.4) is 0 Å². The number of anilines is 1. The lowest BCUT2D eigenvalue weighted by molar-refractivity contribution is -0.116. The Labute approximate surface area is 178 Å². The molecular formula is C22H23BrN2O2S. The van der Waals surface area contributed by atoms with Crippen LogP contribution in [-0.4, -0.2) is 17.5 Å². The fraction of sp³-hybridized carbons (Fsp3) is 0.273. The zero-order chi connectivity index (χ0) is 20.1. The van der Waals surface area contributed by atoms with Crippen LogP contribution in [0, 0.1) is 20.8 Å². The van der Waals surface area contributed by atoms with Crippen LogP contribution in [0.1, 0.15) is 28.8 Å². The van der Waals surface area contributed by atoms with Crippen molar-refractivity contribution in [1.29, 1.82) is 0 Å². The number of amides is 1. The van der Waals surface area contributed by atoms with E-state index in [1.165, 1.54) is 22.5 Å². The van der Waals surface area contributed by atoms with Gasteiger partial charge in [0.25, 0.3) is 0 Å². The summed E-state index contributed by atoms with van der Waals surface area (Å²) >= 11 is 4.99. The number of thiazole rings is 1. The van der Waals surface area contributed by atoms with E-state index in [0.29, 0.717) is 24.6 Å². The van der Waals surface area contributed by atoms with Crippen LogP contribution in [-0.2, 0) is 4.79 Å². The molecule has 2 aromatic carbocycles. The number of nitrogens with zero attached hydrogens (tertiary/aromatic N) is 1. The minimum Gasteiger partial charge on any atom is -0.492 e. The van der Waals surface area contributed by atoms with Gasteiger partial charge in [0.15, 0.2) is 5.13 Å². The second kappa shape index (κ2) is 9.34. The van der Waals surface area contributed by atoms with Crippen LogP contribution < -0.4 is 10.1 Å². The third-order valence-corrected chi connectivity index (χ3v) is 5.77. The first-order chi connectivity index (χ1) is 13.4. The van der Waals surface area contributed by atoms with Gasteiger partial charge in [-0.2, -0.15) is 0 Å². The number of hydrogen-bond donors (Lipinski definition) is 1. The van der Waals surface area contributed by atoms with Crippen molar-refractivity contribution in [2.45, 2.75) is 33.6 Å². The highest BCUT2D eigenvalue weighted by molar-refractivity contribution is 9.10. The van der Waals surface area contributed by atoms with E-state index >= 15 is 0 Å². The van der Waals surface area contributed by atoms with E-state index in [4.69, 9.17) is 4.74 Å². The third-order valence-electron chi connectivity index (χ3n) is 4.26. The average molecular weight is 459 g/mol.